The van der Waals surface area contributed by atoms with Crippen LogP contribution < -0.4 is 5.32 Å². The molecule has 2 N–H and O–H groups in total. The van der Waals surface area contributed by atoms with E-state index in [0.717, 1.165) is 18.3 Å². The Bertz CT molecular complexity index is 207. The Hall–Kier alpha value is -0.0800. The molecular formula is C13H25NO. The molecule has 0 aliphatic heterocycles. The normalized spacial score (nSPS) is 47.0. The zero-order valence-corrected chi connectivity index (χ0v) is 10.1. The molecule has 2 aliphatic carbocycles. The summed E-state index contributed by atoms with van der Waals surface area (Å²) < 4.78 is 0. The molecule has 2 rings (SSSR count). The van der Waals surface area contributed by atoms with Gasteiger partial charge in [0.05, 0.1) is 6.10 Å². The van der Waals surface area contributed by atoms with Crippen LogP contribution in [-0.2, 0) is 0 Å². The van der Waals surface area contributed by atoms with Crippen LogP contribution in [0.15, 0.2) is 0 Å². The first-order valence-electron chi connectivity index (χ1n) is 6.61. The maximum Gasteiger partial charge on any atom is 0.0693 e. The highest BCUT2D eigenvalue weighted by atomic mass is 16.3. The third-order valence-electron chi connectivity index (χ3n) is 4.53. The molecule has 0 spiro atoms. The molecule has 88 valence electrons. The maximum atomic E-state index is 9.77. The van der Waals surface area contributed by atoms with Gasteiger partial charge in [0.15, 0.2) is 0 Å². The number of aliphatic hydroxyl groups is 1. The predicted molar refractivity (Wildman–Crippen MR) is 62.7 cm³/mol. The van der Waals surface area contributed by atoms with E-state index in [1.165, 1.54) is 32.1 Å². The Kier molecular flexibility index (Phi) is 3.68. The zero-order valence-electron chi connectivity index (χ0n) is 10.1. The van der Waals surface area contributed by atoms with E-state index < -0.39 is 0 Å². The average molecular weight is 211 g/mol. The quantitative estimate of drug-likeness (QED) is 0.734. The largest absolute Gasteiger partial charge is 0.392 e. The van der Waals surface area contributed by atoms with E-state index in [1.54, 1.807) is 0 Å². The molecular weight excluding hydrogens is 186 g/mol. The van der Waals surface area contributed by atoms with E-state index in [4.69, 9.17) is 0 Å². The lowest BCUT2D eigenvalue weighted by molar-refractivity contribution is 0.128. The van der Waals surface area contributed by atoms with E-state index >= 15 is 0 Å². The molecule has 0 amide bonds. The molecule has 2 fully saturated rings. The van der Waals surface area contributed by atoms with E-state index in [0.29, 0.717) is 12.1 Å². The molecule has 2 nitrogen and oxygen atoms in total. The summed E-state index contributed by atoms with van der Waals surface area (Å²) in [6.45, 7) is 4.73. The fourth-order valence-corrected chi connectivity index (χ4v) is 3.14. The molecule has 2 aliphatic rings. The monoisotopic (exact) mass is 211 g/mol. The molecule has 0 aromatic rings. The smallest absolute Gasteiger partial charge is 0.0693 e. The Balaban J connectivity index is 1.80. The Morgan fingerprint density at radius 3 is 2.40 bits per heavy atom. The summed E-state index contributed by atoms with van der Waals surface area (Å²) in [7, 11) is 0. The van der Waals surface area contributed by atoms with Crippen molar-refractivity contribution in [2.75, 3.05) is 0 Å². The van der Waals surface area contributed by atoms with Gasteiger partial charge in [-0.05, 0) is 50.4 Å². The molecule has 0 bridgehead atoms. The third-order valence-corrected chi connectivity index (χ3v) is 4.53. The van der Waals surface area contributed by atoms with Gasteiger partial charge in [0.2, 0.25) is 0 Å². The van der Waals surface area contributed by atoms with Crippen molar-refractivity contribution >= 4 is 0 Å². The van der Waals surface area contributed by atoms with Gasteiger partial charge in [-0.1, -0.05) is 13.8 Å². The summed E-state index contributed by atoms with van der Waals surface area (Å²) in [6.07, 6.45) is 7.22. The van der Waals surface area contributed by atoms with Gasteiger partial charge in [0.25, 0.3) is 0 Å². The van der Waals surface area contributed by atoms with Gasteiger partial charge in [-0.3, -0.25) is 0 Å². The van der Waals surface area contributed by atoms with Crippen molar-refractivity contribution in [3.05, 3.63) is 0 Å². The minimum Gasteiger partial charge on any atom is -0.392 e. The summed E-state index contributed by atoms with van der Waals surface area (Å²) in [6, 6.07) is 1.05. The second-order valence-electron chi connectivity index (χ2n) is 5.74. The van der Waals surface area contributed by atoms with Crippen LogP contribution in [0.5, 0.6) is 0 Å². The predicted octanol–water partition coefficient (Wildman–Crippen LogP) is 2.31. The van der Waals surface area contributed by atoms with Crippen LogP contribution in [0, 0.1) is 11.8 Å². The number of aliphatic hydroxyl groups excluding tert-OH is 1. The lowest BCUT2D eigenvalue weighted by Crippen LogP contribution is -2.45. The highest BCUT2D eigenvalue weighted by Gasteiger charge is 2.30. The van der Waals surface area contributed by atoms with Gasteiger partial charge in [-0.25, -0.2) is 0 Å². The first-order chi connectivity index (χ1) is 7.16. The fourth-order valence-electron chi connectivity index (χ4n) is 3.14. The SMILES string of the molecule is CC1CCC(N[C@@H]2CCC[C@H]2O)CC1C. The molecule has 5 atom stereocenters. The summed E-state index contributed by atoms with van der Waals surface area (Å²) in [5.74, 6) is 1.73. The maximum absolute atomic E-state index is 9.77. The molecule has 2 heteroatoms. The lowest BCUT2D eigenvalue weighted by Gasteiger charge is -2.34. The molecule has 0 aromatic heterocycles. The minimum atomic E-state index is -0.0837. The van der Waals surface area contributed by atoms with Crippen molar-refractivity contribution in [3.63, 3.8) is 0 Å². The van der Waals surface area contributed by atoms with Gasteiger partial charge in [-0.2, -0.15) is 0 Å². The van der Waals surface area contributed by atoms with Crippen molar-refractivity contribution in [1.29, 1.82) is 0 Å². The minimum absolute atomic E-state index is 0.0837. The summed E-state index contributed by atoms with van der Waals surface area (Å²) in [4.78, 5) is 0. The van der Waals surface area contributed by atoms with Gasteiger partial charge in [-0.15, -0.1) is 0 Å². The van der Waals surface area contributed by atoms with Gasteiger partial charge >= 0.3 is 0 Å². The van der Waals surface area contributed by atoms with Gasteiger partial charge < -0.3 is 10.4 Å². The highest BCUT2D eigenvalue weighted by molar-refractivity contribution is 4.88. The van der Waals surface area contributed by atoms with Crippen molar-refractivity contribution in [2.24, 2.45) is 11.8 Å². The number of rotatable bonds is 2. The van der Waals surface area contributed by atoms with Crippen molar-refractivity contribution < 1.29 is 5.11 Å². The zero-order chi connectivity index (χ0) is 10.8. The first-order valence-corrected chi connectivity index (χ1v) is 6.61. The van der Waals surface area contributed by atoms with Crippen LogP contribution in [0.25, 0.3) is 0 Å². The molecule has 0 aromatic carbocycles. The van der Waals surface area contributed by atoms with Crippen LogP contribution in [0.3, 0.4) is 0 Å². The van der Waals surface area contributed by atoms with E-state index in [-0.39, 0.29) is 6.10 Å². The molecule has 3 unspecified atom stereocenters. The number of nitrogens with one attached hydrogen (secondary N) is 1. The van der Waals surface area contributed by atoms with Crippen molar-refractivity contribution in [2.45, 2.75) is 70.6 Å². The fraction of sp³-hybridized carbons (Fsp3) is 1.00. The van der Waals surface area contributed by atoms with Crippen LogP contribution in [0.2, 0.25) is 0 Å². The number of hydrogen-bond donors (Lipinski definition) is 2. The van der Waals surface area contributed by atoms with E-state index in [1.807, 2.05) is 0 Å². The second-order valence-corrected chi connectivity index (χ2v) is 5.74. The number of hydrogen-bond acceptors (Lipinski definition) is 2. The summed E-state index contributed by atoms with van der Waals surface area (Å²) in [5, 5.41) is 13.4. The Morgan fingerprint density at radius 2 is 1.80 bits per heavy atom. The standard InChI is InChI=1S/C13H25NO/c1-9-6-7-11(8-10(9)2)14-12-4-3-5-13(12)15/h9-15H,3-8H2,1-2H3/t9?,10?,11?,12-,13-/m1/s1. The van der Waals surface area contributed by atoms with Gasteiger partial charge in [0, 0.05) is 12.1 Å². The highest BCUT2D eigenvalue weighted by Crippen LogP contribution is 2.30. The topological polar surface area (TPSA) is 32.3 Å². The van der Waals surface area contributed by atoms with Crippen molar-refractivity contribution in [1.82, 2.24) is 5.32 Å². The van der Waals surface area contributed by atoms with Crippen LogP contribution in [0.4, 0.5) is 0 Å². The Morgan fingerprint density at radius 1 is 1.00 bits per heavy atom. The van der Waals surface area contributed by atoms with Gasteiger partial charge in [0.1, 0.15) is 0 Å². The summed E-state index contributed by atoms with van der Waals surface area (Å²) >= 11 is 0. The first kappa shape index (κ1) is 11.4. The molecule has 2 saturated carbocycles. The molecule has 0 heterocycles. The lowest BCUT2D eigenvalue weighted by atomic mass is 9.79. The van der Waals surface area contributed by atoms with Crippen LogP contribution in [0.1, 0.15) is 52.4 Å². The molecule has 15 heavy (non-hydrogen) atoms. The Labute approximate surface area is 93.5 Å². The average Bonchev–Trinajstić information content (AvgIpc) is 2.59. The van der Waals surface area contributed by atoms with E-state index in [9.17, 15) is 5.11 Å². The van der Waals surface area contributed by atoms with Crippen LogP contribution >= 0.6 is 0 Å². The molecule has 0 saturated heterocycles. The van der Waals surface area contributed by atoms with Crippen molar-refractivity contribution in [3.8, 4) is 0 Å². The van der Waals surface area contributed by atoms with Crippen LogP contribution in [-0.4, -0.2) is 23.3 Å². The third kappa shape index (κ3) is 2.73. The summed E-state index contributed by atoms with van der Waals surface area (Å²) in [5.41, 5.74) is 0. The van der Waals surface area contributed by atoms with E-state index in [2.05, 4.69) is 19.2 Å². The molecule has 0 radical (unpaired) electrons. The second kappa shape index (κ2) is 4.84.